The molecule has 0 aliphatic rings. The van der Waals surface area contributed by atoms with Crippen molar-refractivity contribution >= 4 is 46.8 Å². The van der Waals surface area contributed by atoms with Crippen molar-refractivity contribution < 1.29 is 9.59 Å². The highest BCUT2D eigenvalue weighted by molar-refractivity contribution is 6.33. The van der Waals surface area contributed by atoms with Crippen molar-refractivity contribution in [2.45, 2.75) is 0 Å². The molecule has 158 valence electrons. The molecular formula is C21H17Cl2N5O3. The van der Waals surface area contributed by atoms with Crippen molar-refractivity contribution in [2.24, 2.45) is 0 Å². The van der Waals surface area contributed by atoms with Crippen LogP contribution < -0.4 is 21.3 Å². The summed E-state index contributed by atoms with van der Waals surface area (Å²) in [4.78, 5) is 37.2. The number of anilines is 1. The van der Waals surface area contributed by atoms with E-state index in [0.717, 1.165) is 0 Å². The van der Waals surface area contributed by atoms with Gasteiger partial charge in [-0.2, -0.15) is 5.10 Å². The minimum Gasteiger partial charge on any atom is -0.317 e. The van der Waals surface area contributed by atoms with Crippen LogP contribution in [0.3, 0.4) is 0 Å². The van der Waals surface area contributed by atoms with Crippen molar-refractivity contribution in [3.8, 4) is 0 Å². The van der Waals surface area contributed by atoms with E-state index in [4.69, 9.17) is 23.2 Å². The van der Waals surface area contributed by atoms with Gasteiger partial charge in [-0.3, -0.25) is 24.8 Å². The lowest BCUT2D eigenvalue weighted by Gasteiger charge is -2.21. The fourth-order valence-electron chi connectivity index (χ4n) is 2.55. The first kappa shape index (κ1) is 22.1. The van der Waals surface area contributed by atoms with E-state index in [1.165, 1.54) is 24.3 Å². The molecule has 0 unspecified atom stereocenters. The Morgan fingerprint density at radius 2 is 1.74 bits per heavy atom. The first-order valence-electron chi connectivity index (χ1n) is 8.96. The van der Waals surface area contributed by atoms with Gasteiger partial charge in [-0.1, -0.05) is 53.5 Å². The number of hydrazine groups is 1. The average Bonchev–Trinajstić information content (AvgIpc) is 2.77. The lowest BCUT2D eigenvalue weighted by Crippen LogP contribution is -2.44. The standard InChI is InChI=1S/C21H17Cl2N5O3/c1-28(17-12-24-26-21(31)18(17)23)27-20(30)16(11-13-7-9-15(22)10-8-13)25-19(29)14-5-3-2-4-6-14/h2-12H,1H3,(H,25,29)(H,26,31)(H,27,30)/b16-11+. The molecular weight excluding hydrogens is 441 g/mol. The number of nitrogens with zero attached hydrogens (tertiary/aromatic N) is 2. The summed E-state index contributed by atoms with van der Waals surface area (Å²) in [6.45, 7) is 0. The minimum absolute atomic E-state index is 0.0306. The van der Waals surface area contributed by atoms with Gasteiger partial charge in [-0.05, 0) is 35.9 Å². The highest BCUT2D eigenvalue weighted by atomic mass is 35.5. The SMILES string of the molecule is CN(NC(=O)/C(=C\c1ccc(Cl)cc1)NC(=O)c1ccccc1)c1cn[nH]c(=O)c1Cl. The summed E-state index contributed by atoms with van der Waals surface area (Å²) in [5, 5.41) is 10.1. The van der Waals surface area contributed by atoms with Gasteiger partial charge >= 0.3 is 0 Å². The molecule has 3 N–H and O–H groups in total. The van der Waals surface area contributed by atoms with E-state index in [1.54, 1.807) is 54.6 Å². The molecule has 31 heavy (non-hydrogen) atoms. The summed E-state index contributed by atoms with van der Waals surface area (Å²) in [5.41, 5.74) is 3.13. The maximum Gasteiger partial charge on any atom is 0.286 e. The van der Waals surface area contributed by atoms with E-state index < -0.39 is 17.4 Å². The maximum atomic E-state index is 13.0. The normalized spacial score (nSPS) is 11.0. The third-order valence-corrected chi connectivity index (χ3v) is 4.73. The summed E-state index contributed by atoms with van der Waals surface area (Å²) in [7, 11) is 1.49. The van der Waals surface area contributed by atoms with Gasteiger partial charge in [0, 0.05) is 17.6 Å². The Labute approximate surface area is 187 Å². The predicted molar refractivity (Wildman–Crippen MR) is 120 cm³/mol. The highest BCUT2D eigenvalue weighted by Crippen LogP contribution is 2.18. The number of hydrogen-bond acceptors (Lipinski definition) is 5. The van der Waals surface area contributed by atoms with Gasteiger partial charge in [0.25, 0.3) is 17.4 Å². The molecule has 0 spiro atoms. The van der Waals surface area contributed by atoms with Crippen LogP contribution in [0.2, 0.25) is 10.0 Å². The van der Waals surface area contributed by atoms with Gasteiger partial charge in [0.15, 0.2) is 0 Å². The first-order chi connectivity index (χ1) is 14.8. The van der Waals surface area contributed by atoms with E-state index in [0.29, 0.717) is 16.1 Å². The number of hydrogen-bond donors (Lipinski definition) is 3. The van der Waals surface area contributed by atoms with Crippen LogP contribution in [-0.4, -0.2) is 29.1 Å². The summed E-state index contributed by atoms with van der Waals surface area (Å²) in [6, 6.07) is 15.2. The minimum atomic E-state index is -0.641. The average molecular weight is 458 g/mol. The van der Waals surface area contributed by atoms with Crippen LogP contribution in [-0.2, 0) is 4.79 Å². The molecule has 1 aromatic heterocycles. The second-order valence-corrected chi connectivity index (χ2v) is 7.14. The Morgan fingerprint density at radius 1 is 1.06 bits per heavy atom. The lowest BCUT2D eigenvalue weighted by molar-refractivity contribution is -0.117. The molecule has 0 fully saturated rings. The Hall–Kier alpha value is -3.62. The van der Waals surface area contributed by atoms with E-state index >= 15 is 0 Å². The van der Waals surface area contributed by atoms with Gasteiger partial charge in [0.1, 0.15) is 16.4 Å². The van der Waals surface area contributed by atoms with Crippen molar-refractivity contribution in [3.05, 3.63) is 98.0 Å². The molecule has 2 amide bonds. The molecule has 2 aromatic carbocycles. The van der Waals surface area contributed by atoms with Gasteiger partial charge in [-0.15, -0.1) is 0 Å². The molecule has 0 saturated heterocycles. The van der Waals surface area contributed by atoms with Crippen LogP contribution in [0.1, 0.15) is 15.9 Å². The molecule has 0 saturated carbocycles. The zero-order valence-electron chi connectivity index (χ0n) is 16.2. The number of aromatic amines is 1. The summed E-state index contributed by atoms with van der Waals surface area (Å²) >= 11 is 11.9. The molecule has 0 atom stereocenters. The van der Waals surface area contributed by atoms with Crippen molar-refractivity contribution in [1.29, 1.82) is 0 Å². The topological polar surface area (TPSA) is 107 Å². The number of carbonyl (C=O) groups is 2. The van der Waals surface area contributed by atoms with Gasteiger partial charge < -0.3 is 5.32 Å². The predicted octanol–water partition coefficient (Wildman–Crippen LogP) is 3.02. The fourth-order valence-corrected chi connectivity index (χ4v) is 2.89. The lowest BCUT2D eigenvalue weighted by atomic mass is 10.1. The fraction of sp³-hybridized carbons (Fsp3) is 0.0476. The molecule has 1 heterocycles. The Morgan fingerprint density at radius 3 is 2.42 bits per heavy atom. The van der Waals surface area contributed by atoms with Gasteiger partial charge in [-0.25, -0.2) is 5.10 Å². The number of amides is 2. The number of halogens is 2. The molecule has 10 heteroatoms. The van der Waals surface area contributed by atoms with Crippen molar-refractivity contribution in [2.75, 3.05) is 12.1 Å². The zero-order valence-corrected chi connectivity index (χ0v) is 17.7. The first-order valence-corrected chi connectivity index (χ1v) is 9.72. The number of nitrogens with one attached hydrogen (secondary N) is 3. The number of carbonyl (C=O) groups excluding carboxylic acids is 2. The highest BCUT2D eigenvalue weighted by Gasteiger charge is 2.18. The van der Waals surface area contributed by atoms with Crippen molar-refractivity contribution in [3.63, 3.8) is 0 Å². The number of rotatable bonds is 6. The van der Waals surface area contributed by atoms with Crippen LogP contribution in [0.15, 0.2) is 71.3 Å². The van der Waals surface area contributed by atoms with Crippen LogP contribution >= 0.6 is 23.2 Å². The molecule has 0 aliphatic carbocycles. The van der Waals surface area contributed by atoms with Gasteiger partial charge in [0.05, 0.1) is 6.20 Å². The number of aromatic nitrogens is 2. The van der Waals surface area contributed by atoms with Crippen LogP contribution in [0.5, 0.6) is 0 Å². The Bertz CT molecular complexity index is 1180. The molecule has 8 nitrogen and oxygen atoms in total. The molecule has 3 rings (SSSR count). The number of H-pyrrole nitrogens is 1. The second-order valence-electron chi connectivity index (χ2n) is 6.33. The summed E-state index contributed by atoms with van der Waals surface area (Å²) < 4.78 is 0. The third kappa shape index (κ3) is 5.71. The largest absolute Gasteiger partial charge is 0.317 e. The summed E-state index contributed by atoms with van der Waals surface area (Å²) in [6.07, 6.45) is 2.78. The van der Waals surface area contributed by atoms with E-state index in [9.17, 15) is 14.4 Å². The molecule has 0 bridgehead atoms. The van der Waals surface area contributed by atoms with E-state index in [2.05, 4.69) is 20.9 Å². The maximum absolute atomic E-state index is 13.0. The third-order valence-electron chi connectivity index (χ3n) is 4.12. The zero-order chi connectivity index (χ0) is 22.4. The number of benzene rings is 2. The second kappa shape index (κ2) is 9.92. The van der Waals surface area contributed by atoms with E-state index in [-0.39, 0.29) is 16.4 Å². The van der Waals surface area contributed by atoms with Crippen LogP contribution in [0.4, 0.5) is 5.69 Å². The van der Waals surface area contributed by atoms with E-state index in [1.807, 2.05) is 0 Å². The van der Waals surface area contributed by atoms with Crippen LogP contribution in [0.25, 0.3) is 6.08 Å². The van der Waals surface area contributed by atoms with Crippen molar-refractivity contribution in [1.82, 2.24) is 20.9 Å². The molecule has 3 aromatic rings. The monoisotopic (exact) mass is 457 g/mol. The van der Waals surface area contributed by atoms with Gasteiger partial charge in [0.2, 0.25) is 0 Å². The smallest absolute Gasteiger partial charge is 0.286 e. The molecule has 0 radical (unpaired) electrons. The quantitative estimate of drug-likeness (QED) is 0.389. The van der Waals surface area contributed by atoms with Crippen LogP contribution in [0, 0.1) is 0 Å². The Balaban J connectivity index is 1.88. The molecule has 0 aliphatic heterocycles. The Kier molecular flexibility index (Phi) is 7.07. The summed E-state index contributed by atoms with van der Waals surface area (Å²) in [5.74, 6) is -1.10.